The molecule has 1 amide bonds. The number of para-hydroxylation sites is 1. The predicted octanol–water partition coefficient (Wildman–Crippen LogP) is 1.33. The summed E-state index contributed by atoms with van der Waals surface area (Å²) in [6, 6.07) is 8.58. The van der Waals surface area contributed by atoms with E-state index in [2.05, 4.69) is 10.6 Å². The molecule has 0 aromatic heterocycles. The van der Waals surface area contributed by atoms with Gasteiger partial charge in [-0.3, -0.25) is 4.79 Å². The van der Waals surface area contributed by atoms with Gasteiger partial charge < -0.3 is 20.6 Å². The number of amides is 1. The lowest BCUT2D eigenvalue weighted by Crippen LogP contribution is -2.65. The Morgan fingerprint density at radius 1 is 1.39 bits per heavy atom. The molecule has 0 spiro atoms. The average Bonchev–Trinajstić information content (AvgIpc) is 2.52. The van der Waals surface area contributed by atoms with Crippen molar-refractivity contribution in [3.8, 4) is 0 Å². The summed E-state index contributed by atoms with van der Waals surface area (Å²) in [6.07, 6.45) is -1.47. The highest BCUT2D eigenvalue weighted by Gasteiger charge is 2.49. The smallest absolute Gasteiger partial charge is 0.264 e. The number of aliphatic hydroxyl groups excluding tert-OH is 1. The van der Waals surface area contributed by atoms with Gasteiger partial charge in [0.25, 0.3) is 5.91 Å². The molecule has 3 N–H and O–H groups in total. The third-order valence-corrected chi connectivity index (χ3v) is 4.84. The van der Waals surface area contributed by atoms with E-state index in [0.717, 1.165) is 0 Å². The Bertz CT molecular complexity index is 562. The zero-order chi connectivity index (χ0) is 16.4. The number of carbonyl (C=O) groups excluding carboxylic acids is 1. The summed E-state index contributed by atoms with van der Waals surface area (Å²) in [6.45, 7) is 1.10. The monoisotopic (exact) mass is 341 g/mol. The fourth-order valence-electron chi connectivity index (χ4n) is 3.27. The molecule has 3 rings (SSSR count). The molecular weight excluding hydrogens is 321 g/mol. The lowest BCUT2D eigenvalue weighted by atomic mass is 9.95. The van der Waals surface area contributed by atoms with E-state index in [1.165, 1.54) is 4.90 Å². The average molecular weight is 342 g/mol. The van der Waals surface area contributed by atoms with Gasteiger partial charge in [-0.25, -0.2) is 4.39 Å². The minimum absolute atomic E-state index is 0.0345. The minimum atomic E-state index is -1.53. The Labute approximate surface area is 139 Å². The first-order chi connectivity index (χ1) is 11.0. The van der Waals surface area contributed by atoms with Crippen molar-refractivity contribution >= 4 is 23.2 Å². The van der Waals surface area contributed by atoms with Gasteiger partial charge in [0.05, 0.1) is 18.7 Å². The Morgan fingerprint density at radius 2 is 2.13 bits per heavy atom. The Morgan fingerprint density at radius 3 is 2.83 bits per heavy atom. The van der Waals surface area contributed by atoms with Crippen LogP contribution in [0.25, 0.3) is 0 Å². The van der Waals surface area contributed by atoms with E-state index in [1.807, 2.05) is 18.2 Å². The minimum Gasteiger partial charge on any atom is -0.391 e. The number of carbonyl (C=O) groups is 1. The van der Waals surface area contributed by atoms with Gasteiger partial charge in [-0.2, -0.15) is 0 Å². The molecule has 0 saturated carbocycles. The summed E-state index contributed by atoms with van der Waals surface area (Å²) in [5.74, 6) is -0.385. The lowest BCUT2D eigenvalue weighted by Gasteiger charge is -2.46. The van der Waals surface area contributed by atoms with Gasteiger partial charge >= 0.3 is 0 Å². The van der Waals surface area contributed by atoms with Crippen LogP contribution in [0.15, 0.2) is 30.3 Å². The molecule has 1 aromatic rings. The van der Waals surface area contributed by atoms with Crippen molar-refractivity contribution in [1.29, 1.82) is 0 Å². The second-order valence-corrected chi connectivity index (χ2v) is 6.82. The topological polar surface area (TPSA) is 64.6 Å². The zero-order valence-electron chi connectivity index (χ0n) is 12.7. The third kappa shape index (κ3) is 3.44. The van der Waals surface area contributed by atoms with Crippen molar-refractivity contribution < 1.29 is 14.3 Å². The van der Waals surface area contributed by atoms with E-state index in [9.17, 15) is 14.3 Å². The summed E-state index contributed by atoms with van der Waals surface area (Å²) in [7, 11) is 0. The fraction of sp³-hybridized carbons (Fsp3) is 0.562. The fourth-order valence-corrected chi connectivity index (χ4v) is 3.65. The highest BCUT2D eigenvalue weighted by molar-refractivity contribution is 6.36. The number of alkyl halides is 2. The van der Waals surface area contributed by atoms with Crippen LogP contribution >= 0.6 is 11.6 Å². The molecule has 2 heterocycles. The Kier molecular flexibility index (Phi) is 4.75. The van der Waals surface area contributed by atoms with Gasteiger partial charge in [0.1, 0.15) is 6.17 Å². The second kappa shape index (κ2) is 6.63. The number of rotatable bonds is 3. The molecule has 2 aliphatic heterocycles. The van der Waals surface area contributed by atoms with Gasteiger partial charge in [-0.15, -0.1) is 0 Å². The molecular formula is C16H21ClFN3O2. The summed E-state index contributed by atoms with van der Waals surface area (Å²) in [5.41, 5.74) is 0.659. The van der Waals surface area contributed by atoms with E-state index in [-0.39, 0.29) is 18.9 Å². The quantitative estimate of drug-likeness (QED) is 0.573. The van der Waals surface area contributed by atoms with Crippen LogP contribution in [0.2, 0.25) is 0 Å². The van der Waals surface area contributed by atoms with Gasteiger partial charge in [0.15, 0.2) is 5.00 Å². The van der Waals surface area contributed by atoms with Gasteiger partial charge in [-0.05, 0) is 25.1 Å². The first-order valence-corrected chi connectivity index (χ1v) is 8.23. The molecule has 2 fully saturated rings. The molecule has 7 heteroatoms. The first kappa shape index (κ1) is 16.5. The maximum atomic E-state index is 14.3. The molecule has 0 bridgehead atoms. The van der Waals surface area contributed by atoms with Crippen molar-refractivity contribution in [3.05, 3.63) is 30.3 Å². The van der Waals surface area contributed by atoms with Crippen molar-refractivity contribution in [2.45, 2.75) is 36.2 Å². The largest absolute Gasteiger partial charge is 0.391 e. The van der Waals surface area contributed by atoms with Crippen molar-refractivity contribution in [2.75, 3.05) is 25.0 Å². The number of hydrogen-bond donors (Lipinski definition) is 3. The SMILES string of the molecule is O=C1N(C2CNCCC2O)CC(F)CC1(Cl)Nc1ccccc1. The second-order valence-electron chi connectivity index (χ2n) is 6.18. The maximum absolute atomic E-state index is 14.3. The van der Waals surface area contributed by atoms with Crippen molar-refractivity contribution in [1.82, 2.24) is 10.2 Å². The number of nitrogens with zero attached hydrogens (tertiary/aromatic N) is 1. The Balaban J connectivity index is 1.82. The number of halogens is 2. The van der Waals surface area contributed by atoms with Gasteiger partial charge in [0.2, 0.25) is 0 Å². The van der Waals surface area contributed by atoms with E-state index < -0.39 is 23.3 Å². The molecule has 5 nitrogen and oxygen atoms in total. The summed E-state index contributed by atoms with van der Waals surface area (Å²) < 4.78 is 14.3. The number of anilines is 1. The number of benzene rings is 1. The summed E-state index contributed by atoms with van der Waals surface area (Å²) in [4.78, 5) is 12.7. The van der Waals surface area contributed by atoms with Crippen molar-refractivity contribution in [3.63, 3.8) is 0 Å². The molecule has 1 aromatic carbocycles. The normalized spacial score (nSPS) is 35.2. The van der Waals surface area contributed by atoms with Crippen LogP contribution in [0.4, 0.5) is 10.1 Å². The molecule has 2 saturated heterocycles. The molecule has 0 radical (unpaired) electrons. The van der Waals surface area contributed by atoms with Crippen LogP contribution in [0.5, 0.6) is 0 Å². The number of piperidine rings is 2. The standard InChI is InChI=1S/C16H21ClFN3O2/c17-16(20-12-4-2-1-3-5-12)8-11(18)10-21(15(16)23)13-9-19-7-6-14(13)22/h1-5,11,13-14,19-20,22H,6-10H2. The predicted molar refractivity (Wildman–Crippen MR) is 87.2 cm³/mol. The molecule has 4 unspecified atom stereocenters. The number of aliphatic hydroxyl groups is 1. The maximum Gasteiger partial charge on any atom is 0.264 e. The molecule has 23 heavy (non-hydrogen) atoms. The molecule has 4 atom stereocenters. The van der Waals surface area contributed by atoms with Crippen LogP contribution in [-0.2, 0) is 4.79 Å². The Hall–Kier alpha value is -1.37. The van der Waals surface area contributed by atoms with Crippen LogP contribution in [0.1, 0.15) is 12.8 Å². The van der Waals surface area contributed by atoms with Crippen LogP contribution in [0, 0.1) is 0 Å². The van der Waals surface area contributed by atoms with Gasteiger partial charge in [-0.1, -0.05) is 29.8 Å². The van der Waals surface area contributed by atoms with Crippen LogP contribution in [0.3, 0.4) is 0 Å². The number of hydrogen-bond acceptors (Lipinski definition) is 4. The number of likely N-dealkylation sites (tertiary alicyclic amines) is 1. The first-order valence-electron chi connectivity index (χ1n) is 7.86. The summed E-state index contributed by atoms with van der Waals surface area (Å²) in [5, 5.41) is 16.3. The lowest BCUT2D eigenvalue weighted by molar-refractivity contribution is -0.144. The highest BCUT2D eigenvalue weighted by atomic mass is 35.5. The zero-order valence-corrected chi connectivity index (χ0v) is 13.5. The van der Waals surface area contributed by atoms with Crippen LogP contribution < -0.4 is 10.6 Å². The van der Waals surface area contributed by atoms with E-state index in [0.29, 0.717) is 25.2 Å². The number of nitrogens with one attached hydrogen (secondary N) is 2. The molecule has 2 aliphatic rings. The van der Waals surface area contributed by atoms with E-state index >= 15 is 0 Å². The summed E-state index contributed by atoms with van der Waals surface area (Å²) >= 11 is 6.47. The van der Waals surface area contributed by atoms with E-state index in [4.69, 9.17) is 11.6 Å². The highest BCUT2D eigenvalue weighted by Crippen LogP contribution is 2.34. The van der Waals surface area contributed by atoms with E-state index in [1.54, 1.807) is 12.1 Å². The van der Waals surface area contributed by atoms with Crippen LogP contribution in [-0.4, -0.2) is 58.9 Å². The third-order valence-electron chi connectivity index (χ3n) is 4.43. The van der Waals surface area contributed by atoms with Gasteiger partial charge in [0, 0.05) is 18.7 Å². The molecule has 0 aliphatic carbocycles. The molecule has 126 valence electrons. The van der Waals surface area contributed by atoms with Crippen molar-refractivity contribution in [2.24, 2.45) is 0 Å².